The predicted molar refractivity (Wildman–Crippen MR) is 49.1 cm³/mol. The zero-order valence-corrected chi connectivity index (χ0v) is 7.40. The minimum Gasteiger partial charge on any atom is -0.192 e. The van der Waals surface area contributed by atoms with Gasteiger partial charge in [-0.25, -0.2) is 0 Å². The van der Waals surface area contributed by atoms with E-state index in [2.05, 4.69) is 36.4 Å². The molecule has 0 bridgehead atoms. The van der Waals surface area contributed by atoms with Crippen molar-refractivity contribution in [2.24, 2.45) is 0 Å². The Balaban J connectivity index is 2.94. The topological polar surface area (TPSA) is 12.9 Å². The van der Waals surface area contributed by atoms with E-state index < -0.39 is 0 Å². The van der Waals surface area contributed by atoms with Crippen LogP contribution in [0.3, 0.4) is 0 Å². The zero-order chi connectivity index (χ0) is 7.84. The van der Waals surface area contributed by atoms with Crippen LogP contribution in [0.25, 0.3) is 10.9 Å². The summed E-state index contributed by atoms with van der Waals surface area (Å²) in [6.07, 6.45) is 0. The smallest absolute Gasteiger partial charge is 0.0872 e. The number of aryl methyl sites for hydroxylation is 2. The van der Waals surface area contributed by atoms with E-state index in [1.807, 2.05) is 0 Å². The zero-order valence-electron chi connectivity index (χ0n) is 6.59. The molecule has 0 radical (unpaired) electrons. The molecule has 0 aliphatic heterocycles. The second-order valence-electron chi connectivity index (χ2n) is 2.71. The van der Waals surface area contributed by atoms with Crippen LogP contribution in [0, 0.1) is 13.8 Å². The van der Waals surface area contributed by atoms with Crippen molar-refractivity contribution in [3.05, 3.63) is 28.6 Å². The Labute approximate surface area is 69.8 Å². The highest BCUT2D eigenvalue weighted by Gasteiger charge is 2.01. The van der Waals surface area contributed by atoms with E-state index in [4.69, 9.17) is 0 Å². The summed E-state index contributed by atoms with van der Waals surface area (Å²) in [5.41, 5.74) is 2.43. The quantitative estimate of drug-likeness (QED) is 0.582. The minimum atomic E-state index is 1.16. The monoisotopic (exact) mass is 163 g/mol. The maximum Gasteiger partial charge on any atom is 0.0872 e. The van der Waals surface area contributed by atoms with Crippen LogP contribution in [-0.2, 0) is 0 Å². The second-order valence-corrected chi connectivity index (χ2v) is 3.69. The molecule has 2 rings (SSSR count). The van der Waals surface area contributed by atoms with Gasteiger partial charge in [-0.2, -0.15) is 4.37 Å². The number of aromatic nitrogens is 1. The van der Waals surface area contributed by atoms with Crippen LogP contribution in [0.1, 0.15) is 10.4 Å². The Morgan fingerprint density at radius 1 is 1.27 bits per heavy atom. The van der Waals surface area contributed by atoms with Crippen LogP contribution in [0.2, 0.25) is 0 Å². The van der Waals surface area contributed by atoms with Gasteiger partial charge in [0.25, 0.3) is 0 Å². The van der Waals surface area contributed by atoms with E-state index in [1.165, 1.54) is 15.8 Å². The summed E-state index contributed by atoms with van der Waals surface area (Å²) < 4.78 is 4.36. The van der Waals surface area contributed by atoms with Crippen LogP contribution >= 0.6 is 11.5 Å². The maximum absolute atomic E-state index is 4.36. The molecule has 56 valence electrons. The molecule has 0 fully saturated rings. The van der Waals surface area contributed by atoms with Gasteiger partial charge in [-0.1, -0.05) is 18.2 Å². The third-order valence-electron chi connectivity index (χ3n) is 1.89. The Bertz CT molecular complexity index is 389. The fraction of sp³-hybridized carbons (Fsp3) is 0.222. The van der Waals surface area contributed by atoms with E-state index in [0.717, 1.165) is 5.52 Å². The van der Waals surface area contributed by atoms with E-state index in [0.29, 0.717) is 0 Å². The largest absolute Gasteiger partial charge is 0.192 e. The van der Waals surface area contributed by atoms with E-state index in [-0.39, 0.29) is 0 Å². The SMILES string of the molecule is Cc1snc2c(C)cccc12. The van der Waals surface area contributed by atoms with Gasteiger partial charge in [0, 0.05) is 10.3 Å². The van der Waals surface area contributed by atoms with Gasteiger partial charge in [0.2, 0.25) is 0 Å². The molecular weight excluding hydrogens is 154 g/mol. The van der Waals surface area contributed by atoms with Crippen LogP contribution in [0.5, 0.6) is 0 Å². The summed E-state index contributed by atoms with van der Waals surface area (Å²) >= 11 is 1.58. The normalized spacial score (nSPS) is 10.7. The molecule has 0 saturated heterocycles. The maximum atomic E-state index is 4.36. The van der Waals surface area contributed by atoms with Crippen molar-refractivity contribution in [3.63, 3.8) is 0 Å². The molecule has 1 heterocycles. The van der Waals surface area contributed by atoms with Crippen molar-refractivity contribution < 1.29 is 0 Å². The third kappa shape index (κ3) is 0.942. The first-order chi connectivity index (χ1) is 5.29. The highest BCUT2D eigenvalue weighted by Crippen LogP contribution is 2.23. The van der Waals surface area contributed by atoms with Gasteiger partial charge in [0.1, 0.15) is 0 Å². The van der Waals surface area contributed by atoms with E-state index in [9.17, 15) is 0 Å². The van der Waals surface area contributed by atoms with Gasteiger partial charge in [-0.15, -0.1) is 0 Å². The first-order valence-corrected chi connectivity index (χ1v) is 4.38. The average Bonchev–Trinajstić information content (AvgIpc) is 2.35. The number of benzene rings is 1. The lowest BCUT2D eigenvalue weighted by Crippen LogP contribution is -1.73. The minimum absolute atomic E-state index is 1.16. The van der Waals surface area contributed by atoms with Gasteiger partial charge in [0.05, 0.1) is 5.52 Å². The summed E-state index contributed by atoms with van der Waals surface area (Å²) in [5.74, 6) is 0. The summed E-state index contributed by atoms with van der Waals surface area (Å²) in [6.45, 7) is 4.21. The standard InChI is InChI=1S/C9H9NS/c1-6-4-3-5-8-7(2)11-10-9(6)8/h3-5H,1-2H3. The third-order valence-corrected chi connectivity index (χ3v) is 2.66. The lowest BCUT2D eigenvalue weighted by atomic mass is 10.1. The number of fused-ring (bicyclic) bond motifs is 1. The molecule has 11 heavy (non-hydrogen) atoms. The molecule has 1 aromatic heterocycles. The number of rotatable bonds is 0. The van der Waals surface area contributed by atoms with Crippen molar-refractivity contribution in [3.8, 4) is 0 Å². The fourth-order valence-corrected chi connectivity index (χ4v) is 1.96. The summed E-state index contributed by atoms with van der Waals surface area (Å²) in [6, 6.07) is 6.31. The summed E-state index contributed by atoms with van der Waals surface area (Å²) in [4.78, 5) is 1.31. The lowest BCUT2D eigenvalue weighted by molar-refractivity contribution is 1.49. The molecular formula is C9H9NS. The fourth-order valence-electron chi connectivity index (χ4n) is 1.23. The molecule has 0 N–H and O–H groups in total. The van der Waals surface area contributed by atoms with Crippen LogP contribution < -0.4 is 0 Å². The van der Waals surface area contributed by atoms with Crippen molar-refractivity contribution in [2.75, 3.05) is 0 Å². The summed E-state index contributed by atoms with van der Waals surface area (Å²) in [7, 11) is 0. The van der Waals surface area contributed by atoms with Gasteiger partial charge in [-0.05, 0) is 30.9 Å². The molecule has 2 aromatic rings. The van der Waals surface area contributed by atoms with Crippen molar-refractivity contribution in [1.29, 1.82) is 0 Å². The molecule has 0 aliphatic carbocycles. The summed E-state index contributed by atoms with van der Waals surface area (Å²) in [5, 5.41) is 1.30. The van der Waals surface area contributed by atoms with Gasteiger partial charge in [0.15, 0.2) is 0 Å². The van der Waals surface area contributed by atoms with E-state index >= 15 is 0 Å². The Morgan fingerprint density at radius 2 is 2.09 bits per heavy atom. The molecule has 0 saturated carbocycles. The van der Waals surface area contributed by atoms with Gasteiger partial charge in [-0.3, -0.25) is 0 Å². The van der Waals surface area contributed by atoms with Crippen molar-refractivity contribution >= 4 is 22.4 Å². The molecule has 0 unspecified atom stereocenters. The van der Waals surface area contributed by atoms with Crippen LogP contribution in [-0.4, -0.2) is 4.37 Å². The highest BCUT2D eigenvalue weighted by atomic mass is 32.1. The Morgan fingerprint density at radius 3 is 2.82 bits per heavy atom. The van der Waals surface area contributed by atoms with E-state index in [1.54, 1.807) is 11.5 Å². The predicted octanol–water partition coefficient (Wildman–Crippen LogP) is 2.91. The molecule has 1 aromatic carbocycles. The molecule has 2 heteroatoms. The molecule has 0 spiro atoms. The molecule has 1 nitrogen and oxygen atoms in total. The first-order valence-electron chi connectivity index (χ1n) is 3.60. The lowest BCUT2D eigenvalue weighted by Gasteiger charge is -1.92. The number of hydrogen-bond acceptors (Lipinski definition) is 2. The molecule has 0 aliphatic rings. The number of hydrogen-bond donors (Lipinski definition) is 0. The molecule has 0 amide bonds. The van der Waals surface area contributed by atoms with Crippen molar-refractivity contribution in [1.82, 2.24) is 4.37 Å². The number of nitrogens with zero attached hydrogens (tertiary/aromatic N) is 1. The van der Waals surface area contributed by atoms with Crippen LogP contribution in [0.15, 0.2) is 18.2 Å². The second kappa shape index (κ2) is 2.31. The Kier molecular flexibility index (Phi) is 1.43. The van der Waals surface area contributed by atoms with Gasteiger partial charge >= 0.3 is 0 Å². The Hall–Kier alpha value is -0.890. The van der Waals surface area contributed by atoms with Gasteiger partial charge < -0.3 is 0 Å². The molecule has 0 atom stereocenters. The highest BCUT2D eigenvalue weighted by molar-refractivity contribution is 7.07. The first kappa shape index (κ1) is 6.80. The van der Waals surface area contributed by atoms with Crippen LogP contribution in [0.4, 0.5) is 0 Å². The average molecular weight is 163 g/mol. The van der Waals surface area contributed by atoms with Crippen molar-refractivity contribution in [2.45, 2.75) is 13.8 Å².